The molecule has 0 radical (unpaired) electrons. The summed E-state index contributed by atoms with van der Waals surface area (Å²) in [5, 5.41) is -0.971. The van der Waals surface area contributed by atoms with Crippen LogP contribution >= 0.6 is 0 Å². The van der Waals surface area contributed by atoms with Gasteiger partial charge in [-0.15, -0.1) is 0 Å². The molecule has 3 fully saturated rings. The summed E-state index contributed by atoms with van der Waals surface area (Å²) < 4.78 is 41.7. The average Bonchev–Trinajstić information content (AvgIpc) is 2.89. The number of fused-ring (bicyclic) bond motifs is 1. The molecule has 0 aliphatic carbocycles. The lowest BCUT2D eigenvalue weighted by Crippen LogP contribution is -2.50. The van der Waals surface area contributed by atoms with Crippen molar-refractivity contribution in [3.63, 3.8) is 0 Å². The summed E-state index contributed by atoms with van der Waals surface area (Å²) in [7, 11) is -2.49. The van der Waals surface area contributed by atoms with Crippen molar-refractivity contribution >= 4 is 22.0 Å². The third-order valence-corrected chi connectivity index (χ3v) is 5.69. The van der Waals surface area contributed by atoms with E-state index in [0.29, 0.717) is 0 Å². The first-order valence-corrected chi connectivity index (χ1v) is 7.33. The highest BCUT2D eigenvalue weighted by Crippen LogP contribution is 2.48. The van der Waals surface area contributed by atoms with Crippen molar-refractivity contribution in [1.82, 2.24) is 4.72 Å². The third kappa shape index (κ3) is 1.61. The summed E-state index contributed by atoms with van der Waals surface area (Å²) >= 11 is 0. The van der Waals surface area contributed by atoms with Crippen LogP contribution in [0, 0.1) is 5.92 Å². The topological polar surface area (TPSA) is 108 Å². The van der Waals surface area contributed by atoms with Crippen LogP contribution in [-0.2, 0) is 33.8 Å². The smallest absolute Gasteiger partial charge is 0.312 e. The number of hydrogen-bond donors (Lipinski definition) is 1. The Bertz CT molecular complexity index is 544. The van der Waals surface area contributed by atoms with Gasteiger partial charge in [-0.2, -0.15) is 0 Å². The van der Waals surface area contributed by atoms with Crippen molar-refractivity contribution in [1.29, 1.82) is 0 Å². The van der Waals surface area contributed by atoms with E-state index < -0.39 is 57.5 Å². The monoisotopic (exact) mass is 291 g/mol. The van der Waals surface area contributed by atoms with Crippen LogP contribution in [0.1, 0.15) is 6.92 Å². The molecule has 3 saturated heterocycles. The lowest BCUT2D eigenvalue weighted by Gasteiger charge is -2.27. The molecule has 9 heteroatoms. The quantitative estimate of drug-likeness (QED) is 0.595. The van der Waals surface area contributed by atoms with Crippen LogP contribution in [0.5, 0.6) is 0 Å². The van der Waals surface area contributed by atoms with E-state index >= 15 is 0 Å². The molecule has 0 aromatic rings. The van der Waals surface area contributed by atoms with Crippen molar-refractivity contribution in [3.8, 4) is 0 Å². The van der Waals surface area contributed by atoms with Gasteiger partial charge in [0.2, 0.25) is 10.0 Å². The van der Waals surface area contributed by atoms with Gasteiger partial charge in [0.1, 0.15) is 23.4 Å². The Hall–Kier alpha value is -1.19. The van der Waals surface area contributed by atoms with Crippen LogP contribution in [0.15, 0.2) is 0 Å². The van der Waals surface area contributed by atoms with Gasteiger partial charge in [-0.05, 0) is 0 Å². The van der Waals surface area contributed by atoms with Gasteiger partial charge in [-0.25, -0.2) is 13.1 Å². The summed E-state index contributed by atoms with van der Waals surface area (Å²) in [5.74, 6) is -2.18. The lowest BCUT2D eigenvalue weighted by molar-refractivity contribution is -0.157. The first kappa shape index (κ1) is 12.8. The number of hydrogen-bond acceptors (Lipinski definition) is 7. The fourth-order valence-corrected chi connectivity index (χ4v) is 5.25. The van der Waals surface area contributed by atoms with Crippen LogP contribution in [-0.4, -0.2) is 57.1 Å². The van der Waals surface area contributed by atoms with Gasteiger partial charge in [-0.1, -0.05) is 0 Å². The molecule has 2 bridgehead atoms. The maximum atomic E-state index is 12.0. The molecular weight excluding hydrogens is 278 g/mol. The molecule has 19 heavy (non-hydrogen) atoms. The summed E-state index contributed by atoms with van der Waals surface area (Å²) in [4.78, 5) is 22.9. The van der Waals surface area contributed by atoms with E-state index in [9.17, 15) is 18.0 Å². The number of carbonyl (C=O) groups is 2. The zero-order chi connectivity index (χ0) is 13.9. The standard InChI is InChI=1S/C10H13NO7S/c1-3(12)17-7-5-8-9(19(14,15)11-5)4(6(7)18-8)10(13)16-2/h4-9,11H,1-2H3. The second-order valence-electron chi connectivity index (χ2n) is 4.84. The molecule has 6 unspecified atom stereocenters. The molecule has 0 spiro atoms. The van der Waals surface area contributed by atoms with Gasteiger partial charge in [-0.3, -0.25) is 9.59 Å². The Morgan fingerprint density at radius 2 is 1.95 bits per heavy atom. The molecule has 3 rings (SSSR count). The largest absolute Gasteiger partial charge is 0.469 e. The zero-order valence-electron chi connectivity index (χ0n) is 10.2. The number of methoxy groups -OCH3 is 1. The molecule has 0 aromatic carbocycles. The lowest BCUT2D eigenvalue weighted by atomic mass is 9.84. The average molecular weight is 291 g/mol. The fourth-order valence-electron chi connectivity index (χ4n) is 3.21. The first-order valence-electron chi connectivity index (χ1n) is 5.78. The number of ether oxygens (including phenoxy) is 3. The Balaban J connectivity index is 2.00. The Kier molecular flexibility index (Phi) is 2.63. The normalized spacial score (nSPS) is 45.2. The molecule has 0 saturated carbocycles. The molecule has 3 aliphatic heterocycles. The van der Waals surface area contributed by atoms with E-state index in [1.165, 1.54) is 14.0 Å². The SMILES string of the molecule is COC(=O)C1C2OC3C(NS(=O)(=O)C31)C2OC(C)=O. The maximum Gasteiger partial charge on any atom is 0.312 e. The highest BCUT2D eigenvalue weighted by atomic mass is 32.2. The highest BCUT2D eigenvalue weighted by Gasteiger charge is 2.72. The molecule has 1 N–H and O–H groups in total. The number of carbonyl (C=O) groups excluding carboxylic acids is 2. The van der Waals surface area contributed by atoms with E-state index in [4.69, 9.17) is 9.47 Å². The van der Waals surface area contributed by atoms with Gasteiger partial charge in [0.25, 0.3) is 0 Å². The van der Waals surface area contributed by atoms with Crippen molar-refractivity contribution in [3.05, 3.63) is 0 Å². The molecule has 8 nitrogen and oxygen atoms in total. The van der Waals surface area contributed by atoms with E-state index in [1.807, 2.05) is 0 Å². The minimum atomic E-state index is -3.67. The Morgan fingerprint density at radius 1 is 1.26 bits per heavy atom. The molecule has 3 aliphatic rings. The predicted octanol–water partition coefficient (Wildman–Crippen LogP) is -1.84. The summed E-state index contributed by atoms with van der Waals surface area (Å²) in [6.07, 6.45) is -2.25. The highest BCUT2D eigenvalue weighted by molar-refractivity contribution is 7.90. The molecule has 6 atom stereocenters. The molecule has 3 heterocycles. The summed E-state index contributed by atoms with van der Waals surface area (Å²) in [6.45, 7) is 1.22. The Morgan fingerprint density at radius 3 is 2.53 bits per heavy atom. The molecular formula is C10H13NO7S. The first-order chi connectivity index (χ1) is 8.86. The van der Waals surface area contributed by atoms with Crippen molar-refractivity contribution in [2.45, 2.75) is 36.5 Å². The van der Waals surface area contributed by atoms with Gasteiger partial charge in [0.15, 0.2) is 0 Å². The van der Waals surface area contributed by atoms with E-state index in [0.717, 1.165) is 0 Å². The van der Waals surface area contributed by atoms with Gasteiger partial charge < -0.3 is 14.2 Å². The Labute approximate surface area is 109 Å². The number of nitrogens with one attached hydrogen (secondary N) is 1. The maximum absolute atomic E-state index is 12.0. The zero-order valence-corrected chi connectivity index (χ0v) is 11.0. The second kappa shape index (κ2) is 3.90. The van der Waals surface area contributed by atoms with Crippen LogP contribution < -0.4 is 4.72 Å². The van der Waals surface area contributed by atoms with Crippen molar-refractivity contribution < 1.29 is 32.2 Å². The third-order valence-electron chi connectivity index (χ3n) is 3.81. The van der Waals surface area contributed by atoms with Gasteiger partial charge in [0.05, 0.1) is 19.3 Å². The van der Waals surface area contributed by atoms with Crippen LogP contribution in [0.3, 0.4) is 0 Å². The minimum Gasteiger partial charge on any atom is -0.469 e. The van der Waals surface area contributed by atoms with Gasteiger partial charge in [0, 0.05) is 6.92 Å². The van der Waals surface area contributed by atoms with Crippen LogP contribution in [0.25, 0.3) is 0 Å². The summed E-state index contributed by atoms with van der Waals surface area (Å²) in [6, 6.07) is -0.621. The minimum absolute atomic E-state index is 0.549. The molecule has 0 amide bonds. The predicted molar refractivity (Wildman–Crippen MR) is 59.4 cm³/mol. The van der Waals surface area contributed by atoms with E-state index in [-0.39, 0.29) is 0 Å². The second-order valence-corrected chi connectivity index (χ2v) is 6.71. The van der Waals surface area contributed by atoms with E-state index in [2.05, 4.69) is 9.46 Å². The van der Waals surface area contributed by atoms with Crippen molar-refractivity contribution in [2.75, 3.05) is 7.11 Å². The molecule has 0 aromatic heterocycles. The van der Waals surface area contributed by atoms with Gasteiger partial charge >= 0.3 is 11.9 Å². The molecule has 106 valence electrons. The van der Waals surface area contributed by atoms with Crippen LogP contribution in [0.2, 0.25) is 0 Å². The number of esters is 2. The van der Waals surface area contributed by atoms with E-state index in [1.54, 1.807) is 0 Å². The number of sulfonamides is 1. The van der Waals surface area contributed by atoms with Crippen molar-refractivity contribution in [2.24, 2.45) is 5.92 Å². The number of rotatable bonds is 2. The fraction of sp³-hybridized carbons (Fsp3) is 0.800. The van der Waals surface area contributed by atoms with Crippen LogP contribution in [0.4, 0.5) is 0 Å². The summed E-state index contributed by atoms with van der Waals surface area (Å²) in [5.41, 5.74) is 0.